The van der Waals surface area contributed by atoms with Crippen LogP contribution in [-0.2, 0) is 6.61 Å². The first kappa shape index (κ1) is 14.5. The van der Waals surface area contributed by atoms with Gasteiger partial charge in [0.2, 0.25) is 0 Å². The number of hydrogen-bond donors (Lipinski definition) is 0. The second-order valence-corrected chi connectivity index (χ2v) is 5.80. The highest BCUT2D eigenvalue weighted by molar-refractivity contribution is 5.97. The van der Waals surface area contributed by atoms with Crippen LogP contribution in [-0.4, -0.2) is 0 Å². The number of para-hydroxylation sites is 1. The molecule has 0 N–H and O–H groups in total. The van der Waals surface area contributed by atoms with E-state index in [1.54, 1.807) is 0 Å². The van der Waals surface area contributed by atoms with Gasteiger partial charge in [-0.05, 0) is 28.0 Å². The molecule has 0 heterocycles. The average molecular weight is 310 g/mol. The van der Waals surface area contributed by atoms with Gasteiger partial charge in [-0.1, -0.05) is 91.0 Å². The normalized spacial score (nSPS) is 10.7. The third-order valence-corrected chi connectivity index (χ3v) is 4.20. The van der Waals surface area contributed by atoms with E-state index in [2.05, 4.69) is 66.7 Å². The topological polar surface area (TPSA) is 9.23 Å². The maximum absolute atomic E-state index is 6.13. The minimum absolute atomic E-state index is 0.572. The van der Waals surface area contributed by atoms with E-state index in [1.165, 1.54) is 21.9 Å². The van der Waals surface area contributed by atoms with Crippen molar-refractivity contribution in [1.29, 1.82) is 0 Å². The highest BCUT2D eigenvalue weighted by Gasteiger charge is 2.09. The van der Waals surface area contributed by atoms with Crippen LogP contribution in [0.1, 0.15) is 5.56 Å². The fourth-order valence-corrected chi connectivity index (χ4v) is 3.01. The summed E-state index contributed by atoms with van der Waals surface area (Å²) in [7, 11) is 0. The molecule has 0 aromatic heterocycles. The van der Waals surface area contributed by atoms with E-state index in [0.717, 1.165) is 11.3 Å². The SMILES string of the molecule is c1ccc(COc2ccccc2-c2cccc3ccccc23)cc1. The average Bonchev–Trinajstić information content (AvgIpc) is 2.67. The Balaban J connectivity index is 1.73. The Morgan fingerprint density at radius 2 is 1.21 bits per heavy atom. The molecule has 4 aromatic carbocycles. The molecule has 1 heteroatoms. The number of rotatable bonds is 4. The monoisotopic (exact) mass is 310 g/mol. The lowest BCUT2D eigenvalue weighted by Gasteiger charge is -2.13. The Hall–Kier alpha value is -3.06. The van der Waals surface area contributed by atoms with Gasteiger partial charge in [0.25, 0.3) is 0 Å². The van der Waals surface area contributed by atoms with E-state index < -0.39 is 0 Å². The number of hydrogen-bond acceptors (Lipinski definition) is 1. The van der Waals surface area contributed by atoms with Crippen LogP contribution in [0.5, 0.6) is 5.75 Å². The molecule has 4 rings (SSSR count). The van der Waals surface area contributed by atoms with Gasteiger partial charge in [-0.15, -0.1) is 0 Å². The van der Waals surface area contributed by atoms with E-state index in [1.807, 2.05) is 30.3 Å². The summed E-state index contributed by atoms with van der Waals surface area (Å²) >= 11 is 0. The summed E-state index contributed by atoms with van der Waals surface area (Å²) in [6, 6.07) is 33.4. The van der Waals surface area contributed by atoms with Gasteiger partial charge >= 0.3 is 0 Å². The number of benzene rings is 4. The first-order chi connectivity index (χ1) is 11.9. The van der Waals surface area contributed by atoms with Crippen LogP contribution < -0.4 is 4.74 Å². The lowest BCUT2D eigenvalue weighted by Crippen LogP contribution is -1.96. The minimum atomic E-state index is 0.572. The molecule has 0 aliphatic heterocycles. The highest BCUT2D eigenvalue weighted by Crippen LogP contribution is 2.35. The van der Waals surface area contributed by atoms with Crippen LogP contribution in [0.25, 0.3) is 21.9 Å². The summed E-state index contributed by atoms with van der Waals surface area (Å²) in [5.41, 5.74) is 3.51. The van der Waals surface area contributed by atoms with E-state index >= 15 is 0 Å². The van der Waals surface area contributed by atoms with E-state index in [9.17, 15) is 0 Å². The second-order valence-electron chi connectivity index (χ2n) is 5.80. The van der Waals surface area contributed by atoms with Crippen LogP contribution in [0.4, 0.5) is 0 Å². The molecule has 0 saturated carbocycles. The molecule has 0 aliphatic rings. The van der Waals surface area contributed by atoms with Gasteiger partial charge in [-0.3, -0.25) is 0 Å². The Morgan fingerprint density at radius 3 is 2.12 bits per heavy atom. The molecule has 0 aliphatic carbocycles. The Morgan fingerprint density at radius 1 is 0.542 bits per heavy atom. The molecule has 4 aromatic rings. The van der Waals surface area contributed by atoms with Crippen LogP contribution in [0.15, 0.2) is 97.1 Å². The maximum atomic E-state index is 6.13. The van der Waals surface area contributed by atoms with Crippen molar-refractivity contribution in [2.45, 2.75) is 6.61 Å². The fraction of sp³-hybridized carbons (Fsp3) is 0.0435. The van der Waals surface area contributed by atoms with Crippen molar-refractivity contribution in [2.75, 3.05) is 0 Å². The Kier molecular flexibility index (Phi) is 3.99. The van der Waals surface area contributed by atoms with Gasteiger partial charge in [0.1, 0.15) is 12.4 Å². The molecule has 1 nitrogen and oxygen atoms in total. The minimum Gasteiger partial charge on any atom is -0.488 e. The van der Waals surface area contributed by atoms with Gasteiger partial charge in [0.05, 0.1) is 0 Å². The number of fused-ring (bicyclic) bond motifs is 1. The predicted octanol–water partition coefficient (Wildman–Crippen LogP) is 6.09. The molecule has 116 valence electrons. The zero-order valence-corrected chi connectivity index (χ0v) is 13.4. The molecule has 0 spiro atoms. The molecule has 0 atom stereocenters. The maximum Gasteiger partial charge on any atom is 0.127 e. The highest BCUT2D eigenvalue weighted by atomic mass is 16.5. The fourth-order valence-electron chi connectivity index (χ4n) is 3.01. The molecule has 0 unspecified atom stereocenters. The number of ether oxygens (including phenoxy) is 1. The van der Waals surface area contributed by atoms with Crippen LogP contribution >= 0.6 is 0 Å². The molecule has 0 amide bonds. The zero-order chi connectivity index (χ0) is 16.2. The Labute approximate surface area is 142 Å². The van der Waals surface area contributed by atoms with Crippen molar-refractivity contribution in [2.24, 2.45) is 0 Å². The molecule has 24 heavy (non-hydrogen) atoms. The second kappa shape index (κ2) is 6.59. The smallest absolute Gasteiger partial charge is 0.127 e. The summed E-state index contributed by atoms with van der Waals surface area (Å²) in [4.78, 5) is 0. The van der Waals surface area contributed by atoms with Crippen LogP contribution in [0, 0.1) is 0 Å². The van der Waals surface area contributed by atoms with Crippen molar-refractivity contribution >= 4 is 10.8 Å². The first-order valence-electron chi connectivity index (χ1n) is 8.16. The van der Waals surface area contributed by atoms with Gasteiger partial charge in [-0.25, -0.2) is 0 Å². The van der Waals surface area contributed by atoms with Crippen LogP contribution in [0.2, 0.25) is 0 Å². The molecule has 0 fully saturated rings. The van der Waals surface area contributed by atoms with Crippen molar-refractivity contribution in [3.8, 4) is 16.9 Å². The quantitative estimate of drug-likeness (QED) is 0.443. The zero-order valence-electron chi connectivity index (χ0n) is 13.4. The standard InChI is InChI=1S/C23H18O/c1-2-9-18(10-3-1)17-24-23-16-7-6-14-22(23)21-15-8-12-19-11-4-5-13-20(19)21/h1-16H,17H2. The lowest BCUT2D eigenvalue weighted by molar-refractivity contribution is 0.307. The van der Waals surface area contributed by atoms with E-state index in [0.29, 0.717) is 6.61 Å². The van der Waals surface area contributed by atoms with Crippen molar-refractivity contribution in [3.63, 3.8) is 0 Å². The predicted molar refractivity (Wildman–Crippen MR) is 100 cm³/mol. The van der Waals surface area contributed by atoms with Gasteiger partial charge < -0.3 is 4.74 Å². The lowest BCUT2D eigenvalue weighted by atomic mass is 9.98. The third kappa shape index (κ3) is 2.89. The molecule has 0 radical (unpaired) electrons. The van der Waals surface area contributed by atoms with Gasteiger partial charge in [0, 0.05) is 5.56 Å². The third-order valence-electron chi connectivity index (χ3n) is 4.20. The van der Waals surface area contributed by atoms with Crippen molar-refractivity contribution < 1.29 is 4.74 Å². The largest absolute Gasteiger partial charge is 0.488 e. The van der Waals surface area contributed by atoms with Crippen molar-refractivity contribution in [3.05, 3.63) is 103 Å². The van der Waals surface area contributed by atoms with Crippen LogP contribution in [0.3, 0.4) is 0 Å². The summed E-state index contributed by atoms with van der Waals surface area (Å²) in [5, 5.41) is 2.49. The first-order valence-corrected chi connectivity index (χ1v) is 8.16. The molecular weight excluding hydrogens is 292 g/mol. The summed E-state index contributed by atoms with van der Waals surface area (Å²) in [5.74, 6) is 0.915. The van der Waals surface area contributed by atoms with Gasteiger partial charge in [-0.2, -0.15) is 0 Å². The molecule has 0 saturated heterocycles. The Bertz CT molecular complexity index is 952. The van der Waals surface area contributed by atoms with Gasteiger partial charge in [0.15, 0.2) is 0 Å². The molecular formula is C23H18O. The molecule has 0 bridgehead atoms. The van der Waals surface area contributed by atoms with Crippen molar-refractivity contribution in [1.82, 2.24) is 0 Å². The van der Waals surface area contributed by atoms with E-state index in [-0.39, 0.29) is 0 Å². The summed E-state index contributed by atoms with van der Waals surface area (Å²) in [6.07, 6.45) is 0. The van der Waals surface area contributed by atoms with E-state index in [4.69, 9.17) is 4.74 Å². The summed E-state index contributed by atoms with van der Waals surface area (Å²) < 4.78 is 6.13. The summed E-state index contributed by atoms with van der Waals surface area (Å²) in [6.45, 7) is 0.572.